The van der Waals surface area contributed by atoms with Crippen LogP contribution < -0.4 is 0 Å². The van der Waals surface area contributed by atoms with Crippen LogP contribution in [-0.2, 0) is 14.3 Å². The standard InChI is InChI=1S/C11H22O3/c1-3-4-6-10-14-11(12)8-5-7-9-13-2/h3-10H2,1-2H3. The molecule has 0 rings (SSSR count). The van der Waals surface area contributed by atoms with Gasteiger partial charge in [-0.05, 0) is 19.3 Å². The molecule has 14 heavy (non-hydrogen) atoms. The Morgan fingerprint density at radius 2 is 1.79 bits per heavy atom. The predicted molar refractivity (Wildman–Crippen MR) is 56.2 cm³/mol. The van der Waals surface area contributed by atoms with Crippen LogP contribution in [0, 0.1) is 0 Å². The van der Waals surface area contributed by atoms with Crippen molar-refractivity contribution in [1.29, 1.82) is 0 Å². The lowest BCUT2D eigenvalue weighted by molar-refractivity contribution is -0.143. The first-order chi connectivity index (χ1) is 6.81. The van der Waals surface area contributed by atoms with E-state index in [9.17, 15) is 4.79 Å². The van der Waals surface area contributed by atoms with Gasteiger partial charge in [0, 0.05) is 20.1 Å². The van der Waals surface area contributed by atoms with Crippen molar-refractivity contribution in [1.82, 2.24) is 0 Å². The number of hydrogen-bond donors (Lipinski definition) is 0. The van der Waals surface area contributed by atoms with E-state index >= 15 is 0 Å². The van der Waals surface area contributed by atoms with Crippen molar-refractivity contribution < 1.29 is 14.3 Å². The van der Waals surface area contributed by atoms with Crippen molar-refractivity contribution >= 4 is 5.97 Å². The zero-order valence-electron chi connectivity index (χ0n) is 9.38. The SMILES string of the molecule is CCCCCOC(=O)CCCCOC. The fourth-order valence-corrected chi connectivity index (χ4v) is 1.13. The van der Waals surface area contributed by atoms with Crippen molar-refractivity contribution in [3.63, 3.8) is 0 Å². The molecule has 0 saturated heterocycles. The van der Waals surface area contributed by atoms with E-state index < -0.39 is 0 Å². The number of ether oxygens (including phenoxy) is 2. The summed E-state index contributed by atoms with van der Waals surface area (Å²) in [6.45, 7) is 3.44. The van der Waals surface area contributed by atoms with Crippen LogP contribution in [0.4, 0.5) is 0 Å². The third-order valence-corrected chi connectivity index (χ3v) is 1.99. The lowest BCUT2D eigenvalue weighted by Crippen LogP contribution is -2.06. The Kier molecular flexibility index (Phi) is 10.1. The smallest absolute Gasteiger partial charge is 0.305 e. The van der Waals surface area contributed by atoms with Crippen LogP contribution in [0.15, 0.2) is 0 Å². The molecule has 0 atom stereocenters. The number of carbonyl (C=O) groups is 1. The van der Waals surface area contributed by atoms with Gasteiger partial charge in [-0.25, -0.2) is 0 Å². The monoisotopic (exact) mass is 202 g/mol. The molecule has 3 nitrogen and oxygen atoms in total. The fourth-order valence-electron chi connectivity index (χ4n) is 1.13. The van der Waals surface area contributed by atoms with Crippen LogP contribution in [0.1, 0.15) is 45.4 Å². The largest absolute Gasteiger partial charge is 0.466 e. The highest BCUT2D eigenvalue weighted by Crippen LogP contribution is 2.00. The minimum absolute atomic E-state index is 0.0720. The van der Waals surface area contributed by atoms with Gasteiger partial charge in [-0.3, -0.25) is 4.79 Å². The molecule has 0 unspecified atom stereocenters. The van der Waals surface area contributed by atoms with Crippen LogP contribution in [0.2, 0.25) is 0 Å². The Hall–Kier alpha value is -0.570. The summed E-state index contributed by atoms with van der Waals surface area (Å²) in [5.41, 5.74) is 0. The first-order valence-electron chi connectivity index (χ1n) is 5.45. The zero-order chi connectivity index (χ0) is 10.6. The van der Waals surface area contributed by atoms with E-state index in [1.807, 2.05) is 0 Å². The van der Waals surface area contributed by atoms with Crippen molar-refractivity contribution in [2.45, 2.75) is 45.4 Å². The molecule has 0 aliphatic carbocycles. The van der Waals surface area contributed by atoms with Crippen molar-refractivity contribution in [3.8, 4) is 0 Å². The van der Waals surface area contributed by atoms with Gasteiger partial charge in [0.25, 0.3) is 0 Å². The van der Waals surface area contributed by atoms with Crippen molar-refractivity contribution in [2.24, 2.45) is 0 Å². The fraction of sp³-hybridized carbons (Fsp3) is 0.909. The topological polar surface area (TPSA) is 35.5 Å². The molecule has 0 aliphatic heterocycles. The maximum Gasteiger partial charge on any atom is 0.305 e. The molecule has 0 saturated carbocycles. The van der Waals surface area contributed by atoms with Gasteiger partial charge in [-0.2, -0.15) is 0 Å². The molecule has 0 aromatic heterocycles. The number of methoxy groups -OCH3 is 1. The van der Waals surface area contributed by atoms with Gasteiger partial charge in [0.05, 0.1) is 6.61 Å². The molecule has 0 N–H and O–H groups in total. The summed E-state index contributed by atoms with van der Waals surface area (Å²) in [5, 5.41) is 0. The Morgan fingerprint density at radius 1 is 1.07 bits per heavy atom. The lowest BCUT2D eigenvalue weighted by Gasteiger charge is -2.03. The minimum Gasteiger partial charge on any atom is -0.466 e. The maximum atomic E-state index is 11.1. The summed E-state index contributed by atoms with van der Waals surface area (Å²) in [7, 11) is 1.67. The summed E-state index contributed by atoms with van der Waals surface area (Å²) in [5.74, 6) is -0.0720. The molecule has 0 aromatic carbocycles. The van der Waals surface area contributed by atoms with Gasteiger partial charge in [-0.1, -0.05) is 19.8 Å². The van der Waals surface area contributed by atoms with E-state index in [0.717, 1.165) is 38.7 Å². The van der Waals surface area contributed by atoms with Crippen LogP contribution in [0.5, 0.6) is 0 Å². The minimum atomic E-state index is -0.0720. The highest BCUT2D eigenvalue weighted by atomic mass is 16.5. The highest BCUT2D eigenvalue weighted by molar-refractivity contribution is 5.69. The van der Waals surface area contributed by atoms with Crippen LogP contribution in [0.25, 0.3) is 0 Å². The first-order valence-corrected chi connectivity index (χ1v) is 5.45. The van der Waals surface area contributed by atoms with Gasteiger partial charge >= 0.3 is 5.97 Å². The van der Waals surface area contributed by atoms with Crippen molar-refractivity contribution in [3.05, 3.63) is 0 Å². The summed E-state index contributed by atoms with van der Waals surface area (Å²) in [4.78, 5) is 11.1. The van der Waals surface area contributed by atoms with Gasteiger partial charge in [-0.15, -0.1) is 0 Å². The van der Waals surface area contributed by atoms with Gasteiger partial charge in [0.2, 0.25) is 0 Å². The summed E-state index contributed by atoms with van der Waals surface area (Å²) < 4.78 is 9.93. The average Bonchev–Trinajstić information content (AvgIpc) is 2.19. The summed E-state index contributed by atoms with van der Waals surface area (Å²) in [6, 6.07) is 0. The molecule has 0 spiro atoms. The van der Waals surface area contributed by atoms with Crippen molar-refractivity contribution in [2.75, 3.05) is 20.3 Å². The first kappa shape index (κ1) is 13.4. The second kappa shape index (κ2) is 10.5. The summed E-state index contributed by atoms with van der Waals surface area (Å²) in [6.07, 6.45) is 5.60. The third-order valence-electron chi connectivity index (χ3n) is 1.99. The second-order valence-electron chi connectivity index (χ2n) is 3.38. The molecule has 0 bridgehead atoms. The van der Waals surface area contributed by atoms with Gasteiger partial charge in [0.15, 0.2) is 0 Å². The zero-order valence-corrected chi connectivity index (χ0v) is 9.38. The van der Waals surface area contributed by atoms with Crippen LogP contribution >= 0.6 is 0 Å². The molecular formula is C11H22O3. The second-order valence-corrected chi connectivity index (χ2v) is 3.38. The van der Waals surface area contributed by atoms with E-state index in [4.69, 9.17) is 9.47 Å². The maximum absolute atomic E-state index is 11.1. The van der Waals surface area contributed by atoms with E-state index in [1.165, 1.54) is 0 Å². The molecule has 3 heteroatoms. The van der Waals surface area contributed by atoms with Crippen LogP contribution in [-0.4, -0.2) is 26.3 Å². The molecule has 0 radical (unpaired) electrons. The van der Waals surface area contributed by atoms with E-state index in [0.29, 0.717) is 13.0 Å². The Morgan fingerprint density at radius 3 is 2.43 bits per heavy atom. The number of carbonyl (C=O) groups excluding carboxylic acids is 1. The van der Waals surface area contributed by atoms with Gasteiger partial charge in [0.1, 0.15) is 0 Å². The van der Waals surface area contributed by atoms with E-state index in [-0.39, 0.29) is 5.97 Å². The molecule has 0 aromatic rings. The van der Waals surface area contributed by atoms with E-state index in [2.05, 4.69) is 6.92 Å². The molecule has 0 amide bonds. The van der Waals surface area contributed by atoms with Gasteiger partial charge < -0.3 is 9.47 Å². The molecule has 84 valence electrons. The van der Waals surface area contributed by atoms with Crippen LogP contribution in [0.3, 0.4) is 0 Å². The number of esters is 1. The average molecular weight is 202 g/mol. The Balaban J connectivity index is 3.11. The number of unbranched alkanes of at least 4 members (excludes halogenated alkanes) is 3. The highest BCUT2D eigenvalue weighted by Gasteiger charge is 2.01. The molecule has 0 aliphatic rings. The Bertz CT molecular complexity index is 120. The Labute approximate surface area is 86.8 Å². The number of rotatable bonds is 9. The predicted octanol–water partition coefficient (Wildman–Crippen LogP) is 2.54. The molecule has 0 fully saturated rings. The lowest BCUT2D eigenvalue weighted by atomic mass is 10.2. The molecule has 0 heterocycles. The number of hydrogen-bond acceptors (Lipinski definition) is 3. The summed E-state index contributed by atoms with van der Waals surface area (Å²) >= 11 is 0. The molecular weight excluding hydrogens is 180 g/mol. The quantitative estimate of drug-likeness (QED) is 0.426. The normalized spacial score (nSPS) is 10.1. The third kappa shape index (κ3) is 9.52. The van der Waals surface area contributed by atoms with E-state index in [1.54, 1.807) is 7.11 Å².